The van der Waals surface area contributed by atoms with Gasteiger partial charge in [-0.05, 0) is 25.0 Å². The van der Waals surface area contributed by atoms with Crippen LogP contribution in [0.3, 0.4) is 0 Å². The first-order chi connectivity index (χ1) is 7.83. The van der Waals surface area contributed by atoms with Gasteiger partial charge in [0.05, 0.1) is 0 Å². The van der Waals surface area contributed by atoms with Gasteiger partial charge in [-0.3, -0.25) is 4.79 Å². The van der Waals surface area contributed by atoms with E-state index in [2.05, 4.69) is 28.9 Å². The molecule has 3 heteroatoms. The zero-order chi connectivity index (χ0) is 11.1. The number of nitrogens with one attached hydrogen (secondary N) is 1. The van der Waals surface area contributed by atoms with Gasteiger partial charge in [0.15, 0.2) is 0 Å². The summed E-state index contributed by atoms with van der Waals surface area (Å²) in [6.07, 6.45) is 0.939. The van der Waals surface area contributed by atoms with Gasteiger partial charge in [-0.1, -0.05) is 18.2 Å². The summed E-state index contributed by atoms with van der Waals surface area (Å²) < 4.78 is 2.11. The van der Waals surface area contributed by atoms with Crippen molar-refractivity contribution in [2.24, 2.45) is 0 Å². The first-order valence-corrected chi connectivity index (χ1v) is 5.71. The van der Waals surface area contributed by atoms with Gasteiger partial charge in [0, 0.05) is 24.0 Å². The van der Waals surface area contributed by atoms with Crippen molar-refractivity contribution in [3.63, 3.8) is 0 Å². The number of hydrogen-bond acceptors (Lipinski definition) is 1. The number of carbonyl (C=O) groups is 1. The van der Waals surface area contributed by atoms with Crippen LogP contribution in [0.5, 0.6) is 0 Å². The molecule has 1 aromatic heterocycles. The van der Waals surface area contributed by atoms with E-state index in [1.807, 2.05) is 12.1 Å². The van der Waals surface area contributed by atoms with E-state index >= 15 is 0 Å². The lowest BCUT2D eigenvalue weighted by atomic mass is 10.0. The van der Waals surface area contributed by atoms with Crippen LogP contribution in [0.1, 0.15) is 23.0 Å². The third-order valence-electron chi connectivity index (χ3n) is 3.27. The number of hydrogen-bond donors (Lipinski definition) is 1. The molecule has 0 unspecified atom stereocenters. The van der Waals surface area contributed by atoms with Gasteiger partial charge in [-0.2, -0.15) is 0 Å². The van der Waals surface area contributed by atoms with E-state index in [0.29, 0.717) is 0 Å². The number of benzene rings is 1. The van der Waals surface area contributed by atoms with Crippen LogP contribution in [0.2, 0.25) is 0 Å². The summed E-state index contributed by atoms with van der Waals surface area (Å²) in [5.74, 6) is 0.0688. The Kier molecular flexibility index (Phi) is 1.99. The van der Waals surface area contributed by atoms with Crippen molar-refractivity contribution in [3.05, 3.63) is 35.5 Å². The highest BCUT2D eigenvalue weighted by Crippen LogP contribution is 2.28. The first kappa shape index (κ1) is 9.46. The Hall–Kier alpha value is -1.77. The number of fused-ring (bicyclic) bond motifs is 3. The van der Waals surface area contributed by atoms with Crippen LogP contribution in [0.15, 0.2) is 24.3 Å². The summed E-state index contributed by atoms with van der Waals surface area (Å²) in [6.45, 7) is 3.67. The van der Waals surface area contributed by atoms with Crippen LogP contribution < -0.4 is 5.32 Å². The van der Waals surface area contributed by atoms with Gasteiger partial charge in [-0.25, -0.2) is 0 Å². The highest BCUT2D eigenvalue weighted by molar-refractivity contribution is 6.02. The van der Waals surface area contributed by atoms with Crippen molar-refractivity contribution < 1.29 is 4.79 Å². The lowest BCUT2D eigenvalue weighted by Crippen LogP contribution is -2.33. The maximum absolute atomic E-state index is 11.9. The number of amides is 1. The molecule has 1 aliphatic rings. The number of nitrogens with zero attached hydrogens (tertiary/aromatic N) is 1. The Morgan fingerprint density at radius 1 is 1.38 bits per heavy atom. The van der Waals surface area contributed by atoms with E-state index in [1.54, 1.807) is 0 Å². The molecule has 0 bridgehead atoms. The monoisotopic (exact) mass is 214 g/mol. The number of aromatic nitrogens is 1. The second-order valence-corrected chi connectivity index (χ2v) is 4.09. The molecule has 1 amide bonds. The first-order valence-electron chi connectivity index (χ1n) is 5.71. The highest BCUT2D eigenvalue weighted by Gasteiger charge is 2.24. The topological polar surface area (TPSA) is 34.0 Å². The Bertz CT molecular complexity index is 536. The molecule has 82 valence electrons. The number of aryl methyl sites for hydroxylation is 1. The van der Waals surface area contributed by atoms with Gasteiger partial charge in [0.2, 0.25) is 0 Å². The van der Waals surface area contributed by atoms with Gasteiger partial charge >= 0.3 is 0 Å². The molecule has 1 aliphatic heterocycles. The van der Waals surface area contributed by atoms with E-state index in [4.69, 9.17) is 0 Å². The van der Waals surface area contributed by atoms with Gasteiger partial charge in [0.1, 0.15) is 5.69 Å². The SMILES string of the molecule is CCn1c2c(c3ccccc31)CCNC2=O. The molecule has 2 aromatic rings. The maximum atomic E-state index is 11.9. The smallest absolute Gasteiger partial charge is 0.268 e. The quantitative estimate of drug-likeness (QED) is 0.773. The van der Waals surface area contributed by atoms with E-state index in [9.17, 15) is 4.79 Å². The Balaban J connectivity index is 2.43. The minimum atomic E-state index is 0.0688. The van der Waals surface area contributed by atoms with Gasteiger partial charge in [0.25, 0.3) is 5.91 Å². The van der Waals surface area contributed by atoms with Crippen molar-refractivity contribution in [3.8, 4) is 0 Å². The van der Waals surface area contributed by atoms with Crippen molar-refractivity contribution >= 4 is 16.8 Å². The van der Waals surface area contributed by atoms with Crippen LogP contribution in [-0.2, 0) is 13.0 Å². The molecule has 0 atom stereocenters. The lowest BCUT2D eigenvalue weighted by Gasteiger charge is -2.15. The molecule has 0 fully saturated rings. The van der Waals surface area contributed by atoms with Gasteiger partial charge < -0.3 is 9.88 Å². The van der Waals surface area contributed by atoms with Crippen LogP contribution in [-0.4, -0.2) is 17.0 Å². The fourth-order valence-corrected chi connectivity index (χ4v) is 2.60. The Labute approximate surface area is 94.1 Å². The largest absolute Gasteiger partial charge is 0.350 e. The average molecular weight is 214 g/mol. The zero-order valence-corrected chi connectivity index (χ0v) is 9.29. The molecule has 1 N–H and O–H groups in total. The summed E-state index contributed by atoms with van der Waals surface area (Å²) in [6, 6.07) is 8.26. The van der Waals surface area contributed by atoms with Crippen molar-refractivity contribution in [2.45, 2.75) is 19.9 Å². The van der Waals surface area contributed by atoms with Crippen LogP contribution in [0.4, 0.5) is 0 Å². The molecule has 3 rings (SSSR count). The Morgan fingerprint density at radius 3 is 3.00 bits per heavy atom. The van der Waals surface area contributed by atoms with Crippen LogP contribution in [0, 0.1) is 0 Å². The molecule has 0 aliphatic carbocycles. The van der Waals surface area contributed by atoms with Crippen molar-refractivity contribution in [2.75, 3.05) is 6.54 Å². The minimum Gasteiger partial charge on any atom is -0.350 e. The summed E-state index contributed by atoms with van der Waals surface area (Å²) in [5.41, 5.74) is 3.24. The van der Waals surface area contributed by atoms with Gasteiger partial charge in [-0.15, -0.1) is 0 Å². The fourth-order valence-electron chi connectivity index (χ4n) is 2.60. The molecule has 3 nitrogen and oxygen atoms in total. The van der Waals surface area contributed by atoms with E-state index in [1.165, 1.54) is 16.5 Å². The highest BCUT2D eigenvalue weighted by atomic mass is 16.2. The van der Waals surface area contributed by atoms with Crippen LogP contribution in [0.25, 0.3) is 10.9 Å². The number of carbonyl (C=O) groups excluding carboxylic acids is 1. The summed E-state index contributed by atoms with van der Waals surface area (Å²) in [5, 5.41) is 4.14. The predicted octanol–water partition coefficient (Wildman–Crippen LogP) is 1.95. The van der Waals surface area contributed by atoms with E-state index < -0.39 is 0 Å². The molecular weight excluding hydrogens is 200 g/mol. The Morgan fingerprint density at radius 2 is 2.19 bits per heavy atom. The second kappa shape index (κ2) is 3.37. The number of rotatable bonds is 1. The molecule has 0 saturated heterocycles. The molecular formula is C13H14N2O. The summed E-state index contributed by atoms with van der Waals surface area (Å²) in [7, 11) is 0. The molecule has 0 radical (unpaired) electrons. The molecule has 0 saturated carbocycles. The lowest BCUT2D eigenvalue weighted by molar-refractivity contribution is 0.0937. The molecule has 16 heavy (non-hydrogen) atoms. The van der Waals surface area contributed by atoms with E-state index in [0.717, 1.165) is 25.2 Å². The maximum Gasteiger partial charge on any atom is 0.268 e. The number of para-hydroxylation sites is 1. The zero-order valence-electron chi connectivity index (χ0n) is 9.29. The standard InChI is InChI=1S/C13H14N2O/c1-2-15-11-6-4-3-5-9(11)10-7-8-14-13(16)12(10)15/h3-6H,2,7-8H2,1H3,(H,14,16). The predicted molar refractivity (Wildman–Crippen MR) is 63.6 cm³/mol. The summed E-state index contributed by atoms with van der Waals surface area (Å²) in [4.78, 5) is 11.9. The van der Waals surface area contributed by atoms with Crippen LogP contribution >= 0.6 is 0 Å². The third kappa shape index (κ3) is 1.11. The van der Waals surface area contributed by atoms with E-state index in [-0.39, 0.29) is 5.91 Å². The van der Waals surface area contributed by atoms with Crippen molar-refractivity contribution in [1.82, 2.24) is 9.88 Å². The minimum absolute atomic E-state index is 0.0688. The second-order valence-electron chi connectivity index (χ2n) is 4.09. The summed E-state index contributed by atoms with van der Waals surface area (Å²) >= 11 is 0. The molecule has 0 spiro atoms. The molecule has 2 heterocycles. The van der Waals surface area contributed by atoms with Crippen molar-refractivity contribution in [1.29, 1.82) is 0 Å². The fraction of sp³-hybridized carbons (Fsp3) is 0.308. The third-order valence-corrected chi connectivity index (χ3v) is 3.27. The molecule has 1 aromatic carbocycles. The average Bonchev–Trinajstić information content (AvgIpc) is 2.65. The normalized spacial score (nSPS) is 14.9.